The average molecular weight is 494 g/mol. The molecule has 2 amide bonds. The molecule has 1 saturated heterocycles. The lowest BCUT2D eigenvalue weighted by Crippen LogP contribution is -2.42. The lowest BCUT2D eigenvalue weighted by molar-refractivity contribution is -0.125. The molecule has 3 aromatic rings. The fourth-order valence-corrected chi connectivity index (χ4v) is 6.05. The van der Waals surface area contributed by atoms with E-state index in [0.717, 1.165) is 29.2 Å². The van der Waals surface area contributed by atoms with Gasteiger partial charge in [-0.25, -0.2) is 8.42 Å². The summed E-state index contributed by atoms with van der Waals surface area (Å²) < 4.78 is 27.4. The molecule has 0 aromatic heterocycles. The standard InChI is InChI=1S/C27H31N3O4S/c1-19-7-6-16-30(18-19)35(33,34)24-14-12-23(13-15-24)29-27(32)20(2)28-26(31)17-22-10-5-9-21-8-3-4-11-25(21)22/h3-5,8-15,19-20H,6-7,16-18H2,1-2H3,(H,28,31)(H,29,32)/t19-,20-/m0/s1. The number of fused-ring (bicyclic) bond motifs is 1. The highest BCUT2D eigenvalue weighted by Gasteiger charge is 2.28. The predicted octanol–water partition coefficient (Wildman–Crippen LogP) is 3.95. The molecule has 184 valence electrons. The van der Waals surface area contributed by atoms with Crippen LogP contribution in [0.15, 0.2) is 71.6 Å². The summed E-state index contributed by atoms with van der Waals surface area (Å²) in [5, 5.41) is 7.56. The van der Waals surface area contributed by atoms with E-state index >= 15 is 0 Å². The summed E-state index contributed by atoms with van der Waals surface area (Å²) in [4.78, 5) is 25.4. The van der Waals surface area contributed by atoms with Crippen LogP contribution >= 0.6 is 0 Å². The van der Waals surface area contributed by atoms with Gasteiger partial charge in [-0.15, -0.1) is 0 Å². The number of nitrogens with one attached hydrogen (secondary N) is 2. The third-order valence-electron chi connectivity index (χ3n) is 6.38. The zero-order valence-electron chi connectivity index (χ0n) is 20.0. The number of hydrogen-bond donors (Lipinski definition) is 2. The number of rotatable bonds is 7. The zero-order chi connectivity index (χ0) is 25.0. The summed E-state index contributed by atoms with van der Waals surface area (Å²) in [5.74, 6) is -0.285. The van der Waals surface area contributed by atoms with Crippen molar-refractivity contribution in [2.24, 2.45) is 5.92 Å². The van der Waals surface area contributed by atoms with Crippen LogP contribution in [0.1, 0.15) is 32.3 Å². The number of amides is 2. The number of carbonyl (C=O) groups excluding carboxylic acids is 2. The van der Waals surface area contributed by atoms with Crippen LogP contribution in [0.2, 0.25) is 0 Å². The van der Waals surface area contributed by atoms with Crippen molar-refractivity contribution in [2.45, 2.75) is 44.0 Å². The van der Waals surface area contributed by atoms with E-state index in [2.05, 4.69) is 17.6 Å². The molecule has 2 atom stereocenters. The second-order valence-electron chi connectivity index (χ2n) is 9.23. The number of sulfonamides is 1. The Morgan fingerprint density at radius 2 is 1.74 bits per heavy atom. The van der Waals surface area contributed by atoms with Crippen molar-refractivity contribution < 1.29 is 18.0 Å². The first-order chi connectivity index (χ1) is 16.7. The maximum atomic E-state index is 12.9. The van der Waals surface area contributed by atoms with Crippen LogP contribution in [0.4, 0.5) is 5.69 Å². The van der Waals surface area contributed by atoms with Gasteiger partial charge in [0.1, 0.15) is 6.04 Å². The van der Waals surface area contributed by atoms with Crippen LogP contribution in [-0.2, 0) is 26.0 Å². The highest BCUT2D eigenvalue weighted by Crippen LogP contribution is 2.24. The van der Waals surface area contributed by atoms with Crippen LogP contribution in [0.5, 0.6) is 0 Å². The Hall–Kier alpha value is -3.23. The van der Waals surface area contributed by atoms with E-state index < -0.39 is 16.1 Å². The van der Waals surface area contributed by atoms with E-state index in [1.165, 1.54) is 16.4 Å². The molecule has 3 aromatic carbocycles. The van der Waals surface area contributed by atoms with Gasteiger partial charge in [-0.1, -0.05) is 49.4 Å². The molecule has 8 heteroatoms. The highest BCUT2D eigenvalue weighted by molar-refractivity contribution is 7.89. The fraction of sp³-hybridized carbons (Fsp3) is 0.333. The van der Waals surface area contributed by atoms with E-state index in [9.17, 15) is 18.0 Å². The predicted molar refractivity (Wildman–Crippen MR) is 137 cm³/mol. The molecule has 35 heavy (non-hydrogen) atoms. The topological polar surface area (TPSA) is 95.6 Å². The number of carbonyl (C=O) groups is 2. The summed E-state index contributed by atoms with van der Waals surface area (Å²) in [6, 6.07) is 19.1. The molecule has 0 unspecified atom stereocenters. The third-order valence-corrected chi connectivity index (χ3v) is 8.26. The molecule has 0 saturated carbocycles. The van der Waals surface area contributed by atoms with Gasteiger partial charge in [-0.3, -0.25) is 9.59 Å². The molecule has 1 heterocycles. The van der Waals surface area contributed by atoms with Crippen LogP contribution in [0, 0.1) is 5.92 Å². The first kappa shape index (κ1) is 24.9. The Bertz CT molecular complexity index is 1320. The summed E-state index contributed by atoms with van der Waals surface area (Å²) in [6.07, 6.45) is 2.06. The molecule has 7 nitrogen and oxygen atoms in total. The number of nitrogens with zero attached hydrogens (tertiary/aromatic N) is 1. The maximum absolute atomic E-state index is 12.9. The van der Waals surface area contributed by atoms with Gasteiger partial charge in [0.2, 0.25) is 21.8 Å². The average Bonchev–Trinajstić information content (AvgIpc) is 2.84. The Labute approximate surface area is 206 Å². The van der Waals surface area contributed by atoms with Gasteiger partial charge in [0.25, 0.3) is 0 Å². The van der Waals surface area contributed by atoms with E-state index in [-0.39, 0.29) is 23.1 Å². The minimum absolute atomic E-state index is 0.167. The van der Waals surface area contributed by atoms with Crippen molar-refractivity contribution in [2.75, 3.05) is 18.4 Å². The lowest BCUT2D eigenvalue weighted by atomic mass is 10.0. The van der Waals surface area contributed by atoms with Crippen LogP contribution in [-0.4, -0.2) is 43.7 Å². The Morgan fingerprint density at radius 3 is 2.49 bits per heavy atom. The maximum Gasteiger partial charge on any atom is 0.246 e. The fourth-order valence-electron chi connectivity index (χ4n) is 4.45. The van der Waals surface area contributed by atoms with E-state index in [1.54, 1.807) is 19.1 Å². The first-order valence-corrected chi connectivity index (χ1v) is 13.3. The zero-order valence-corrected chi connectivity index (χ0v) is 20.8. The molecular formula is C27H31N3O4S. The van der Waals surface area contributed by atoms with Crippen molar-refractivity contribution in [3.05, 3.63) is 72.3 Å². The molecule has 4 rings (SSSR count). The first-order valence-electron chi connectivity index (χ1n) is 11.9. The highest BCUT2D eigenvalue weighted by atomic mass is 32.2. The van der Waals surface area contributed by atoms with Gasteiger partial charge in [0.15, 0.2) is 0 Å². The molecule has 1 aliphatic rings. The van der Waals surface area contributed by atoms with Gasteiger partial charge >= 0.3 is 0 Å². The Balaban J connectivity index is 1.34. The number of anilines is 1. The Kier molecular flexibility index (Phi) is 7.52. The second kappa shape index (κ2) is 10.6. The molecule has 2 N–H and O–H groups in total. The van der Waals surface area contributed by atoms with Gasteiger partial charge < -0.3 is 10.6 Å². The smallest absolute Gasteiger partial charge is 0.246 e. The molecule has 1 fully saturated rings. The van der Waals surface area contributed by atoms with Crippen molar-refractivity contribution in [3.63, 3.8) is 0 Å². The summed E-state index contributed by atoms with van der Waals surface area (Å²) in [5.41, 5.74) is 1.37. The monoisotopic (exact) mass is 493 g/mol. The summed E-state index contributed by atoms with van der Waals surface area (Å²) in [6.45, 7) is 4.73. The number of hydrogen-bond acceptors (Lipinski definition) is 4. The van der Waals surface area contributed by atoms with Gasteiger partial charge in [0.05, 0.1) is 11.3 Å². The van der Waals surface area contributed by atoms with Crippen molar-refractivity contribution in [3.8, 4) is 0 Å². The van der Waals surface area contributed by atoms with Crippen LogP contribution in [0.25, 0.3) is 10.8 Å². The Morgan fingerprint density at radius 1 is 1.03 bits per heavy atom. The summed E-state index contributed by atoms with van der Waals surface area (Å²) >= 11 is 0. The SMILES string of the molecule is C[C@H]1CCCN(S(=O)(=O)c2ccc(NC(=O)[C@H](C)NC(=O)Cc3cccc4ccccc34)cc2)C1. The molecule has 0 radical (unpaired) electrons. The van der Waals surface area contributed by atoms with Gasteiger partial charge in [-0.2, -0.15) is 4.31 Å². The van der Waals surface area contributed by atoms with Crippen molar-refractivity contribution >= 4 is 38.3 Å². The number of piperidine rings is 1. The third kappa shape index (κ3) is 5.89. The van der Waals surface area contributed by atoms with Gasteiger partial charge in [-0.05, 0) is 66.3 Å². The molecule has 0 bridgehead atoms. The molecular weight excluding hydrogens is 462 g/mol. The molecule has 1 aliphatic heterocycles. The molecule has 0 spiro atoms. The second-order valence-corrected chi connectivity index (χ2v) is 11.2. The van der Waals surface area contributed by atoms with Crippen molar-refractivity contribution in [1.82, 2.24) is 9.62 Å². The van der Waals surface area contributed by atoms with Crippen molar-refractivity contribution in [1.29, 1.82) is 0 Å². The van der Waals surface area contributed by atoms with E-state index in [4.69, 9.17) is 0 Å². The quantitative estimate of drug-likeness (QED) is 0.521. The minimum Gasteiger partial charge on any atom is -0.344 e. The summed E-state index contributed by atoms with van der Waals surface area (Å²) in [7, 11) is -3.55. The molecule has 0 aliphatic carbocycles. The van der Waals surface area contributed by atoms with Crippen LogP contribution < -0.4 is 10.6 Å². The van der Waals surface area contributed by atoms with E-state index in [0.29, 0.717) is 24.7 Å². The normalized spacial score (nSPS) is 17.6. The minimum atomic E-state index is -3.55. The van der Waals surface area contributed by atoms with Gasteiger partial charge in [0, 0.05) is 18.8 Å². The largest absolute Gasteiger partial charge is 0.344 e. The van der Waals surface area contributed by atoms with Crippen LogP contribution in [0.3, 0.4) is 0 Å². The number of benzene rings is 3. The van der Waals surface area contributed by atoms with E-state index in [1.807, 2.05) is 42.5 Å². The lowest BCUT2D eigenvalue weighted by Gasteiger charge is -2.30.